The number of benzene rings is 2. The van der Waals surface area contributed by atoms with Gasteiger partial charge in [0.25, 0.3) is 0 Å². The number of phenols is 1. The summed E-state index contributed by atoms with van der Waals surface area (Å²) in [6.45, 7) is 4.10. The lowest BCUT2D eigenvalue weighted by atomic mass is 10.1. The Morgan fingerprint density at radius 1 is 1.14 bits per heavy atom. The minimum Gasteiger partial charge on any atom is -0.507 e. The van der Waals surface area contributed by atoms with Crippen molar-refractivity contribution in [1.82, 2.24) is 9.21 Å². The molecule has 1 saturated heterocycles. The number of hydrogen-bond donors (Lipinski definition) is 2. The first-order valence-electron chi connectivity index (χ1n) is 8.85. The second kappa shape index (κ2) is 8.48. The molecule has 0 aliphatic carbocycles. The molecule has 1 aliphatic rings. The van der Waals surface area contributed by atoms with Crippen LogP contribution in [-0.4, -0.2) is 61.7 Å². The number of sulfonamides is 1. The molecule has 0 radical (unpaired) electrons. The van der Waals surface area contributed by atoms with Crippen molar-refractivity contribution in [3.05, 3.63) is 53.1 Å². The van der Waals surface area contributed by atoms with Crippen LogP contribution in [-0.2, 0) is 10.0 Å². The van der Waals surface area contributed by atoms with Gasteiger partial charge >= 0.3 is 0 Å². The maximum Gasteiger partial charge on any atom is 0.243 e. The highest BCUT2D eigenvalue weighted by Gasteiger charge is 2.27. The Balaban J connectivity index is 1.79. The van der Waals surface area contributed by atoms with Crippen LogP contribution in [0.3, 0.4) is 0 Å². The molecular weight excluding hydrogens is 400 g/mol. The predicted molar refractivity (Wildman–Crippen MR) is 112 cm³/mol. The Hall–Kier alpha value is -2.13. The summed E-state index contributed by atoms with van der Waals surface area (Å²) in [5.41, 5.74) is 4.41. The van der Waals surface area contributed by atoms with Crippen molar-refractivity contribution in [1.29, 1.82) is 0 Å². The van der Waals surface area contributed by atoms with Crippen LogP contribution >= 0.6 is 11.6 Å². The third-order valence-corrected chi connectivity index (χ3v) is 6.76. The molecule has 2 N–H and O–H groups in total. The van der Waals surface area contributed by atoms with E-state index in [0.29, 0.717) is 48.2 Å². The molecule has 3 rings (SSSR count). The van der Waals surface area contributed by atoms with Gasteiger partial charge in [0.2, 0.25) is 10.0 Å². The van der Waals surface area contributed by atoms with Gasteiger partial charge in [0.15, 0.2) is 0 Å². The van der Waals surface area contributed by atoms with Crippen LogP contribution in [0.1, 0.15) is 12.5 Å². The molecule has 2 aromatic rings. The third kappa shape index (κ3) is 4.64. The largest absolute Gasteiger partial charge is 0.507 e. The zero-order chi connectivity index (χ0) is 20.3. The van der Waals surface area contributed by atoms with Gasteiger partial charge < -0.3 is 10.0 Å². The molecule has 0 unspecified atom stereocenters. The van der Waals surface area contributed by atoms with Crippen molar-refractivity contribution in [2.75, 3.05) is 38.7 Å². The summed E-state index contributed by atoms with van der Waals surface area (Å²) in [4.78, 5) is 2.33. The normalized spacial score (nSPS) is 16.9. The van der Waals surface area contributed by atoms with Gasteiger partial charge in [-0.05, 0) is 50.4 Å². The number of halogens is 1. The maximum absolute atomic E-state index is 12.9. The van der Waals surface area contributed by atoms with Crippen LogP contribution < -0.4 is 5.43 Å². The van der Waals surface area contributed by atoms with Gasteiger partial charge in [0, 0.05) is 36.8 Å². The summed E-state index contributed by atoms with van der Waals surface area (Å²) in [5, 5.41) is 14.7. The van der Waals surface area contributed by atoms with Gasteiger partial charge in [0.1, 0.15) is 5.75 Å². The van der Waals surface area contributed by atoms with Crippen LogP contribution in [0.15, 0.2) is 52.5 Å². The number of nitrogens with zero attached hydrogens (tertiary/aromatic N) is 3. The van der Waals surface area contributed by atoms with E-state index in [9.17, 15) is 13.5 Å². The molecule has 0 saturated carbocycles. The fourth-order valence-electron chi connectivity index (χ4n) is 2.91. The van der Waals surface area contributed by atoms with E-state index in [1.807, 2.05) is 7.05 Å². The molecule has 1 heterocycles. The Morgan fingerprint density at radius 2 is 1.86 bits per heavy atom. The summed E-state index contributed by atoms with van der Waals surface area (Å²) in [6, 6.07) is 11.3. The molecule has 0 aromatic heterocycles. The molecule has 0 bridgehead atoms. The van der Waals surface area contributed by atoms with E-state index in [4.69, 9.17) is 11.6 Å². The van der Waals surface area contributed by atoms with Gasteiger partial charge in [0.05, 0.1) is 16.3 Å². The van der Waals surface area contributed by atoms with E-state index in [0.717, 1.165) is 0 Å². The first kappa shape index (κ1) is 20.6. The molecule has 2 aromatic carbocycles. The number of phenolic OH excluding ortho intramolecular Hbond substituents is 1. The summed E-state index contributed by atoms with van der Waals surface area (Å²) >= 11 is 5.97. The second-order valence-electron chi connectivity index (χ2n) is 6.71. The molecule has 0 atom stereocenters. The van der Waals surface area contributed by atoms with E-state index in [1.165, 1.54) is 10.4 Å². The van der Waals surface area contributed by atoms with Gasteiger partial charge in [-0.15, -0.1) is 0 Å². The fourth-order valence-corrected chi connectivity index (χ4v) is 4.55. The molecule has 0 amide bonds. The van der Waals surface area contributed by atoms with E-state index >= 15 is 0 Å². The lowest BCUT2D eigenvalue weighted by molar-refractivity contribution is 0.222. The summed E-state index contributed by atoms with van der Waals surface area (Å²) in [7, 11) is -1.57. The van der Waals surface area contributed by atoms with Crippen molar-refractivity contribution >= 4 is 33.0 Å². The summed E-state index contributed by atoms with van der Waals surface area (Å²) < 4.78 is 27.3. The van der Waals surface area contributed by atoms with E-state index in [1.54, 1.807) is 43.3 Å². The van der Waals surface area contributed by atoms with Crippen molar-refractivity contribution < 1.29 is 13.5 Å². The number of hydrazone groups is 1. The first-order chi connectivity index (χ1) is 13.3. The van der Waals surface area contributed by atoms with Gasteiger partial charge in [-0.1, -0.05) is 17.7 Å². The van der Waals surface area contributed by atoms with E-state index in [2.05, 4.69) is 15.4 Å². The fraction of sp³-hybridized carbons (Fsp3) is 0.316. The average molecular weight is 423 g/mol. The number of hydrogen-bond acceptors (Lipinski definition) is 6. The minimum atomic E-state index is -3.55. The average Bonchev–Trinajstić information content (AvgIpc) is 2.68. The monoisotopic (exact) mass is 422 g/mol. The number of likely N-dealkylation sites (N-methyl/N-ethyl adjacent to an activating group) is 1. The molecule has 0 spiro atoms. The predicted octanol–water partition coefficient (Wildman–Crippen LogP) is 2.82. The topological polar surface area (TPSA) is 85.2 Å². The number of nitrogens with one attached hydrogen (secondary N) is 1. The van der Waals surface area contributed by atoms with E-state index in [-0.39, 0.29) is 10.6 Å². The van der Waals surface area contributed by atoms with Crippen molar-refractivity contribution in [3.8, 4) is 5.75 Å². The Bertz CT molecular complexity index is 986. The lowest BCUT2D eigenvalue weighted by Gasteiger charge is -2.31. The highest BCUT2D eigenvalue weighted by atomic mass is 35.5. The van der Waals surface area contributed by atoms with Crippen molar-refractivity contribution in [3.63, 3.8) is 0 Å². The van der Waals surface area contributed by atoms with Gasteiger partial charge in [-0.25, -0.2) is 8.42 Å². The quantitative estimate of drug-likeness (QED) is 0.571. The van der Waals surface area contributed by atoms with Crippen molar-refractivity contribution in [2.45, 2.75) is 11.8 Å². The Labute approximate surface area is 170 Å². The standard InChI is InChI=1S/C19H23ClN4O3S/c1-14(18-12-15(20)6-7-19(18)25)21-22-16-4-3-5-17(13-16)28(26,27)24-10-8-23(2)9-11-24/h3-7,12-13,22,25H,8-11H2,1-2H3/b21-14+. The van der Waals surface area contributed by atoms with Gasteiger partial charge in [-0.3, -0.25) is 5.43 Å². The molecular formula is C19H23ClN4O3S. The second-order valence-corrected chi connectivity index (χ2v) is 9.08. The number of rotatable bonds is 5. The molecule has 150 valence electrons. The lowest BCUT2D eigenvalue weighted by Crippen LogP contribution is -2.47. The Morgan fingerprint density at radius 3 is 2.57 bits per heavy atom. The van der Waals surface area contributed by atoms with E-state index < -0.39 is 10.0 Å². The molecule has 28 heavy (non-hydrogen) atoms. The van der Waals surface area contributed by atoms with Crippen LogP contribution in [0.2, 0.25) is 5.02 Å². The third-order valence-electron chi connectivity index (χ3n) is 4.64. The first-order valence-corrected chi connectivity index (χ1v) is 10.7. The summed E-state index contributed by atoms with van der Waals surface area (Å²) in [6.07, 6.45) is 0. The zero-order valence-corrected chi connectivity index (χ0v) is 17.3. The van der Waals surface area contributed by atoms with Crippen LogP contribution in [0.4, 0.5) is 5.69 Å². The molecule has 1 aliphatic heterocycles. The molecule has 1 fully saturated rings. The number of aromatic hydroxyl groups is 1. The molecule has 9 heteroatoms. The van der Waals surface area contributed by atoms with Crippen LogP contribution in [0.25, 0.3) is 0 Å². The smallest absolute Gasteiger partial charge is 0.243 e. The van der Waals surface area contributed by atoms with Crippen molar-refractivity contribution in [2.24, 2.45) is 5.10 Å². The number of piperazine rings is 1. The van der Waals surface area contributed by atoms with Crippen LogP contribution in [0.5, 0.6) is 5.75 Å². The number of anilines is 1. The minimum absolute atomic E-state index is 0.0684. The SMILES string of the molecule is C/C(=N\Nc1cccc(S(=O)(=O)N2CCN(C)CC2)c1)c1cc(Cl)ccc1O. The maximum atomic E-state index is 12.9. The van der Waals surface area contributed by atoms with Gasteiger partial charge in [-0.2, -0.15) is 9.41 Å². The molecule has 7 nitrogen and oxygen atoms in total. The highest BCUT2D eigenvalue weighted by molar-refractivity contribution is 7.89. The highest BCUT2D eigenvalue weighted by Crippen LogP contribution is 2.23. The summed E-state index contributed by atoms with van der Waals surface area (Å²) in [5.74, 6) is 0.0684. The Kier molecular flexibility index (Phi) is 6.24. The van der Waals surface area contributed by atoms with Crippen LogP contribution in [0, 0.1) is 0 Å². The zero-order valence-electron chi connectivity index (χ0n) is 15.8.